The predicted octanol–water partition coefficient (Wildman–Crippen LogP) is 3.08. The van der Waals surface area contributed by atoms with Crippen LogP contribution in [0.5, 0.6) is 5.75 Å². The van der Waals surface area contributed by atoms with Crippen molar-refractivity contribution in [3.63, 3.8) is 0 Å². The molecular formula is C17H15N3O3S. The van der Waals surface area contributed by atoms with Crippen molar-refractivity contribution in [1.29, 1.82) is 0 Å². The predicted molar refractivity (Wildman–Crippen MR) is 93.5 cm³/mol. The van der Waals surface area contributed by atoms with Crippen LogP contribution in [0, 0.1) is 0 Å². The van der Waals surface area contributed by atoms with Gasteiger partial charge in [0.25, 0.3) is 11.1 Å². The minimum Gasteiger partial charge on any atom is -0.497 e. The molecule has 0 atom stereocenters. The molecule has 0 spiro atoms. The van der Waals surface area contributed by atoms with Crippen molar-refractivity contribution >= 4 is 35.0 Å². The molecule has 1 aromatic heterocycles. The molecule has 0 aliphatic carbocycles. The standard InChI is InChI=1S/C17H15N3O3S/c1-22-13-6-4-5-12(9-13)10-18-20-16(21)11-24-17-19-14-7-2-3-8-15(14)23-17/h2-10H,11H2,1H3,(H,20,21). The second-order valence-electron chi connectivity index (χ2n) is 4.81. The van der Waals surface area contributed by atoms with Gasteiger partial charge >= 0.3 is 0 Å². The van der Waals surface area contributed by atoms with Crippen LogP contribution in [-0.2, 0) is 4.79 Å². The monoisotopic (exact) mass is 341 g/mol. The molecule has 1 amide bonds. The zero-order chi connectivity index (χ0) is 16.8. The summed E-state index contributed by atoms with van der Waals surface area (Å²) in [5, 5.41) is 4.39. The van der Waals surface area contributed by atoms with Crippen LogP contribution in [0.1, 0.15) is 5.56 Å². The molecule has 0 unspecified atom stereocenters. The lowest BCUT2D eigenvalue weighted by atomic mass is 10.2. The maximum Gasteiger partial charge on any atom is 0.257 e. The third-order valence-electron chi connectivity index (χ3n) is 3.10. The molecule has 0 radical (unpaired) electrons. The highest BCUT2D eigenvalue weighted by molar-refractivity contribution is 7.99. The Hall–Kier alpha value is -2.80. The highest BCUT2D eigenvalue weighted by atomic mass is 32.2. The summed E-state index contributed by atoms with van der Waals surface area (Å²) >= 11 is 1.22. The average molecular weight is 341 g/mol. The molecule has 1 heterocycles. The number of hydrogen-bond donors (Lipinski definition) is 1. The van der Waals surface area contributed by atoms with Crippen molar-refractivity contribution < 1.29 is 13.9 Å². The molecule has 1 N–H and O–H groups in total. The molecule has 0 fully saturated rings. The molecular weight excluding hydrogens is 326 g/mol. The van der Waals surface area contributed by atoms with E-state index in [1.807, 2.05) is 48.5 Å². The van der Waals surface area contributed by atoms with E-state index < -0.39 is 0 Å². The van der Waals surface area contributed by atoms with Crippen molar-refractivity contribution in [2.75, 3.05) is 12.9 Å². The highest BCUT2D eigenvalue weighted by Gasteiger charge is 2.08. The van der Waals surface area contributed by atoms with Crippen molar-refractivity contribution in [3.8, 4) is 5.75 Å². The van der Waals surface area contributed by atoms with E-state index in [0.29, 0.717) is 10.8 Å². The Morgan fingerprint density at radius 1 is 1.33 bits per heavy atom. The molecule has 3 rings (SSSR count). The molecule has 0 aliphatic heterocycles. The van der Waals surface area contributed by atoms with Gasteiger partial charge in [0.2, 0.25) is 0 Å². The summed E-state index contributed by atoms with van der Waals surface area (Å²) in [5.41, 5.74) is 4.79. The molecule has 0 bridgehead atoms. The summed E-state index contributed by atoms with van der Waals surface area (Å²) in [6, 6.07) is 14.8. The van der Waals surface area contributed by atoms with Crippen molar-refractivity contribution in [2.45, 2.75) is 5.22 Å². The largest absolute Gasteiger partial charge is 0.497 e. The fourth-order valence-corrected chi connectivity index (χ4v) is 2.60. The zero-order valence-corrected chi connectivity index (χ0v) is 13.7. The summed E-state index contributed by atoms with van der Waals surface area (Å²) in [7, 11) is 1.60. The Balaban J connectivity index is 1.51. The maximum atomic E-state index is 11.8. The molecule has 0 aliphatic rings. The van der Waals surface area contributed by atoms with Gasteiger partial charge in [-0.05, 0) is 29.8 Å². The van der Waals surface area contributed by atoms with E-state index in [9.17, 15) is 4.79 Å². The lowest BCUT2D eigenvalue weighted by Gasteiger charge is -2.00. The van der Waals surface area contributed by atoms with Crippen LogP contribution in [0.3, 0.4) is 0 Å². The van der Waals surface area contributed by atoms with Gasteiger partial charge in [-0.3, -0.25) is 4.79 Å². The van der Waals surface area contributed by atoms with Crippen LogP contribution in [0.15, 0.2) is 63.3 Å². The number of hydrogen-bond acceptors (Lipinski definition) is 6. The van der Waals surface area contributed by atoms with Crippen molar-refractivity contribution in [2.24, 2.45) is 5.10 Å². The molecule has 122 valence electrons. The van der Waals surface area contributed by atoms with Crippen LogP contribution in [0.25, 0.3) is 11.1 Å². The van der Waals surface area contributed by atoms with Gasteiger partial charge in [-0.2, -0.15) is 5.10 Å². The number of nitrogens with one attached hydrogen (secondary N) is 1. The number of hydrazone groups is 1. The second kappa shape index (κ2) is 7.65. The number of thioether (sulfide) groups is 1. The first-order valence-electron chi connectivity index (χ1n) is 7.19. The summed E-state index contributed by atoms with van der Waals surface area (Å²) in [5.74, 6) is 0.667. The number of benzene rings is 2. The minimum atomic E-state index is -0.235. The normalized spacial score (nSPS) is 11.0. The van der Waals surface area contributed by atoms with Crippen LogP contribution in [0.2, 0.25) is 0 Å². The Morgan fingerprint density at radius 2 is 2.21 bits per heavy atom. The Labute approximate surface area is 142 Å². The molecule has 24 heavy (non-hydrogen) atoms. The summed E-state index contributed by atoms with van der Waals surface area (Å²) in [4.78, 5) is 16.1. The first-order valence-corrected chi connectivity index (χ1v) is 8.17. The van der Waals surface area contributed by atoms with Crippen molar-refractivity contribution in [1.82, 2.24) is 10.4 Å². The van der Waals surface area contributed by atoms with Gasteiger partial charge in [0, 0.05) is 0 Å². The summed E-state index contributed by atoms with van der Waals surface area (Å²) in [6.45, 7) is 0. The van der Waals surface area contributed by atoms with E-state index in [1.165, 1.54) is 11.8 Å². The number of ether oxygens (including phenoxy) is 1. The molecule has 6 nitrogen and oxygen atoms in total. The number of carbonyl (C=O) groups excluding carboxylic acids is 1. The second-order valence-corrected chi connectivity index (χ2v) is 5.73. The van der Waals surface area contributed by atoms with Crippen molar-refractivity contribution in [3.05, 3.63) is 54.1 Å². The third kappa shape index (κ3) is 4.14. The van der Waals surface area contributed by atoms with Crippen LogP contribution in [0.4, 0.5) is 0 Å². The van der Waals surface area contributed by atoms with E-state index in [4.69, 9.17) is 9.15 Å². The van der Waals surface area contributed by atoms with Crippen LogP contribution in [-0.4, -0.2) is 30.0 Å². The van der Waals surface area contributed by atoms with E-state index >= 15 is 0 Å². The number of fused-ring (bicyclic) bond motifs is 1. The smallest absolute Gasteiger partial charge is 0.257 e. The Kier molecular flexibility index (Phi) is 5.12. The van der Waals surface area contributed by atoms with Crippen LogP contribution >= 0.6 is 11.8 Å². The lowest BCUT2D eigenvalue weighted by Crippen LogP contribution is -2.19. The van der Waals surface area contributed by atoms with Gasteiger partial charge in [-0.25, -0.2) is 10.4 Å². The number of methoxy groups -OCH3 is 1. The fraction of sp³-hybridized carbons (Fsp3) is 0.118. The average Bonchev–Trinajstić information content (AvgIpc) is 3.03. The number of para-hydroxylation sites is 2. The Morgan fingerprint density at radius 3 is 3.04 bits per heavy atom. The number of amides is 1. The van der Waals surface area contributed by atoms with E-state index in [0.717, 1.165) is 16.8 Å². The highest BCUT2D eigenvalue weighted by Crippen LogP contribution is 2.22. The molecule has 7 heteroatoms. The first-order chi connectivity index (χ1) is 11.7. The minimum absolute atomic E-state index is 0.169. The lowest BCUT2D eigenvalue weighted by molar-refractivity contribution is -0.118. The van der Waals surface area contributed by atoms with Gasteiger partial charge in [0.15, 0.2) is 5.58 Å². The van der Waals surface area contributed by atoms with Gasteiger partial charge in [-0.1, -0.05) is 36.0 Å². The first kappa shape index (κ1) is 16.1. The number of rotatable bonds is 6. The molecule has 0 saturated heterocycles. The third-order valence-corrected chi connectivity index (χ3v) is 3.93. The van der Waals surface area contributed by atoms with Gasteiger partial charge < -0.3 is 9.15 Å². The maximum absolute atomic E-state index is 11.8. The number of oxazole rings is 1. The fourth-order valence-electron chi connectivity index (χ4n) is 1.97. The molecule has 2 aromatic carbocycles. The van der Waals surface area contributed by atoms with E-state index in [1.54, 1.807) is 13.3 Å². The zero-order valence-electron chi connectivity index (χ0n) is 12.9. The summed E-state index contributed by atoms with van der Waals surface area (Å²) in [6.07, 6.45) is 1.56. The molecule has 3 aromatic rings. The number of nitrogens with zero attached hydrogens (tertiary/aromatic N) is 2. The Bertz CT molecular complexity index is 843. The quantitative estimate of drug-likeness (QED) is 0.423. The van der Waals surface area contributed by atoms with E-state index in [2.05, 4.69) is 15.5 Å². The number of aromatic nitrogens is 1. The van der Waals surface area contributed by atoms with Gasteiger partial charge in [0.1, 0.15) is 11.3 Å². The topological polar surface area (TPSA) is 76.7 Å². The summed E-state index contributed by atoms with van der Waals surface area (Å²) < 4.78 is 10.7. The molecule has 0 saturated carbocycles. The van der Waals surface area contributed by atoms with Gasteiger partial charge in [-0.15, -0.1) is 0 Å². The van der Waals surface area contributed by atoms with Crippen LogP contribution < -0.4 is 10.2 Å². The van der Waals surface area contributed by atoms with Gasteiger partial charge in [0.05, 0.1) is 19.1 Å². The van der Waals surface area contributed by atoms with E-state index in [-0.39, 0.29) is 11.7 Å². The SMILES string of the molecule is COc1cccc(C=NNC(=O)CSc2nc3ccccc3o2)c1. The number of carbonyl (C=O) groups is 1.